The Morgan fingerprint density at radius 2 is 1.39 bits per heavy atom. The van der Waals surface area contributed by atoms with Gasteiger partial charge < -0.3 is 8.83 Å². The molecule has 150 valence electrons. The summed E-state index contributed by atoms with van der Waals surface area (Å²) >= 11 is 6.52. The Morgan fingerprint density at radius 3 is 2.06 bits per heavy atom. The largest absolute Gasteiger partial charge is 0.464 e. The van der Waals surface area contributed by atoms with Crippen LogP contribution in [-0.4, -0.2) is 5.78 Å². The van der Waals surface area contributed by atoms with Gasteiger partial charge >= 0.3 is 0 Å². The van der Waals surface area contributed by atoms with Crippen LogP contribution in [-0.2, 0) is 0 Å². The smallest absolute Gasteiger partial charge is 0.197 e. The number of halogens is 1. The molecule has 0 aliphatic carbocycles. The van der Waals surface area contributed by atoms with Gasteiger partial charge in [0.2, 0.25) is 0 Å². The maximum absolute atomic E-state index is 13.8. The molecule has 2 heterocycles. The van der Waals surface area contributed by atoms with Crippen LogP contribution < -0.4 is 0 Å². The van der Waals surface area contributed by atoms with Gasteiger partial charge in [0.1, 0.15) is 17.3 Å². The molecule has 0 N–H and O–H groups in total. The molecule has 0 fully saturated rings. The molecule has 0 amide bonds. The molecule has 3 aromatic carbocycles. The minimum Gasteiger partial charge on any atom is -0.464 e. The molecule has 3 nitrogen and oxygen atoms in total. The first-order valence-corrected chi connectivity index (χ1v) is 10.2. The van der Waals surface area contributed by atoms with Crippen LogP contribution in [0.2, 0.25) is 5.02 Å². The van der Waals surface area contributed by atoms with E-state index in [-0.39, 0.29) is 5.78 Å². The molecule has 4 heteroatoms. The van der Waals surface area contributed by atoms with Crippen molar-refractivity contribution >= 4 is 17.4 Å². The monoisotopic (exact) mass is 424 g/mol. The van der Waals surface area contributed by atoms with Gasteiger partial charge in [-0.2, -0.15) is 0 Å². The lowest BCUT2D eigenvalue weighted by molar-refractivity contribution is 0.103. The highest BCUT2D eigenvalue weighted by molar-refractivity contribution is 6.33. The number of ketones is 1. The van der Waals surface area contributed by atoms with Crippen molar-refractivity contribution in [3.05, 3.63) is 119 Å². The van der Waals surface area contributed by atoms with E-state index in [1.165, 1.54) is 0 Å². The van der Waals surface area contributed by atoms with Gasteiger partial charge in [0.15, 0.2) is 5.78 Å². The third-order valence-corrected chi connectivity index (χ3v) is 5.42. The Bertz CT molecular complexity index is 1330. The average molecular weight is 425 g/mol. The zero-order chi connectivity index (χ0) is 21.2. The SMILES string of the molecule is O=C(c1ccccc1)c1c(-c2ccccc2)oc(-c2ccccc2Cl)c1-c1ccco1. The Kier molecular flexibility index (Phi) is 5.03. The fourth-order valence-corrected chi connectivity index (χ4v) is 3.89. The van der Waals surface area contributed by atoms with Crippen LogP contribution in [0.1, 0.15) is 15.9 Å². The molecule has 5 rings (SSSR count). The molecular formula is C27H17ClO3. The van der Waals surface area contributed by atoms with Gasteiger partial charge in [0, 0.05) is 16.7 Å². The molecule has 31 heavy (non-hydrogen) atoms. The predicted octanol–water partition coefficient (Wildman–Crippen LogP) is 7.76. The van der Waals surface area contributed by atoms with Crippen LogP contribution in [0, 0.1) is 0 Å². The summed E-state index contributed by atoms with van der Waals surface area (Å²) in [6.45, 7) is 0. The second-order valence-electron chi connectivity index (χ2n) is 7.03. The van der Waals surface area contributed by atoms with Crippen molar-refractivity contribution in [2.75, 3.05) is 0 Å². The van der Waals surface area contributed by atoms with Crippen LogP contribution >= 0.6 is 11.6 Å². The number of furan rings is 2. The van der Waals surface area contributed by atoms with Crippen molar-refractivity contribution in [2.24, 2.45) is 0 Å². The highest BCUT2D eigenvalue weighted by Crippen LogP contribution is 2.45. The molecule has 0 unspecified atom stereocenters. The molecule has 0 saturated heterocycles. The quantitative estimate of drug-likeness (QED) is 0.271. The maximum Gasteiger partial charge on any atom is 0.197 e. The summed E-state index contributed by atoms with van der Waals surface area (Å²) in [6.07, 6.45) is 1.58. The molecule has 5 aromatic rings. The Morgan fingerprint density at radius 1 is 0.710 bits per heavy atom. The van der Waals surface area contributed by atoms with E-state index in [1.807, 2.05) is 72.8 Å². The number of rotatable bonds is 5. The molecule has 0 atom stereocenters. The van der Waals surface area contributed by atoms with Crippen molar-refractivity contribution in [3.8, 4) is 34.0 Å². The van der Waals surface area contributed by atoms with Gasteiger partial charge in [-0.25, -0.2) is 0 Å². The lowest BCUT2D eigenvalue weighted by atomic mass is 9.93. The highest BCUT2D eigenvalue weighted by Gasteiger charge is 2.31. The first-order chi connectivity index (χ1) is 15.2. The second kappa shape index (κ2) is 8.13. The third-order valence-electron chi connectivity index (χ3n) is 5.09. The van der Waals surface area contributed by atoms with E-state index in [4.69, 9.17) is 20.4 Å². The number of hydrogen-bond acceptors (Lipinski definition) is 3. The van der Waals surface area contributed by atoms with Crippen LogP contribution in [0.4, 0.5) is 0 Å². The van der Waals surface area contributed by atoms with Crippen molar-refractivity contribution in [1.82, 2.24) is 0 Å². The number of carbonyl (C=O) groups excluding carboxylic acids is 1. The van der Waals surface area contributed by atoms with Crippen molar-refractivity contribution in [2.45, 2.75) is 0 Å². The standard InChI is InChI=1S/C27H17ClO3/c28-21-15-8-7-14-20(21)27-23(22-16-9-17-30-22)24(25(29)18-10-3-1-4-11-18)26(31-27)19-12-5-2-6-13-19/h1-17H. The minimum atomic E-state index is -0.145. The van der Waals surface area contributed by atoms with Gasteiger partial charge in [-0.05, 0) is 24.3 Å². The van der Waals surface area contributed by atoms with Gasteiger partial charge in [0.05, 0.1) is 22.4 Å². The summed E-state index contributed by atoms with van der Waals surface area (Å²) in [5.74, 6) is 1.38. The van der Waals surface area contributed by atoms with Gasteiger partial charge in [-0.1, -0.05) is 84.4 Å². The van der Waals surface area contributed by atoms with Gasteiger partial charge in [0.25, 0.3) is 0 Å². The molecule has 0 aliphatic heterocycles. The van der Waals surface area contributed by atoms with Crippen LogP contribution in [0.15, 0.2) is 112 Å². The van der Waals surface area contributed by atoms with Crippen LogP contribution in [0.5, 0.6) is 0 Å². The zero-order valence-electron chi connectivity index (χ0n) is 16.4. The summed E-state index contributed by atoms with van der Waals surface area (Å²) in [7, 11) is 0. The lowest BCUT2D eigenvalue weighted by Gasteiger charge is -2.06. The fraction of sp³-hybridized carbons (Fsp3) is 0. The van der Waals surface area contributed by atoms with Crippen LogP contribution in [0.25, 0.3) is 34.0 Å². The Balaban J connectivity index is 1.86. The van der Waals surface area contributed by atoms with Gasteiger partial charge in [-0.15, -0.1) is 0 Å². The van der Waals surface area contributed by atoms with Crippen molar-refractivity contribution < 1.29 is 13.6 Å². The highest BCUT2D eigenvalue weighted by atomic mass is 35.5. The Labute approximate surface area is 184 Å². The summed E-state index contributed by atoms with van der Waals surface area (Å²) in [6, 6.07) is 29.8. The molecule has 0 radical (unpaired) electrons. The molecule has 0 bridgehead atoms. The summed E-state index contributed by atoms with van der Waals surface area (Å²) < 4.78 is 12.1. The minimum absolute atomic E-state index is 0.145. The molecular weight excluding hydrogens is 408 g/mol. The van der Waals surface area contributed by atoms with E-state index in [1.54, 1.807) is 30.5 Å². The van der Waals surface area contributed by atoms with E-state index >= 15 is 0 Å². The number of benzene rings is 3. The molecule has 0 aliphatic rings. The van der Waals surface area contributed by atoms with Crippen LogP contribution in [0.3, 0.4) is 0 Å². The van der Waals surface area contributed by atoms with Crippen molar-refractivity contribution in [1.29, 1.82) is 0 Å². The molecule has 0 spiro atoms. The zero-order valence-corrected chi connectivity index (χ0v) is 17.2. The normalized spacial score (nSPS) is 10.9. The van der Waals surface area contributed by atoms with E-state index in [2.05, 4.69) is 0 Å². The predicted molar refractivity (Wildman–Crippen MR) is 122 cm³/mol. The summed E-state index contributed by atoms with van der Waals surface area (Å²) in [5.41, 5.74) is 3.10. The number of hydrogen-bond donors (Lipinski definition) is 0. The topological polar surface area (TPSA) is 43.4 Å². The average Bonchev–Trinajstić information content (AvgIpc) is 3.48. The van der Waals surface area contributed by atoms with Crippen molar-refractivity contribution in [3.63, 3.8) is 0 Å². The lowest BCUT2D eigenvalue weighted by Crippen LogP contribution is -2.03. The van der Waals surface area contributed by atoms with E-state index < -0.39 is 0 Å². The molecule has 0 saturated carbocycles. The summed E-state index contributed by atoms with van der Waals surface area (Å²) in [4.78, 5) is 13.8. The first kappa shape index (κ1) is 19.2. The maximum atomic E-state index is 13.8. The van der Waals surface area contributed by atoms with Gasteiger partial charge in [-0.3, -0.25) is 4.79 Å². The number of carbonyl (C=O) groups is 1. The van der Waals surface area contributed by atoms with E-state index in [0.717, 1.165) is 5.56 Å². The second-order valence-corrected chi connectivity index (χ2v) is 7.44. The first-order valence-electron chi connectivity index (χ1n) is 9.85. The third kappa shape index (κ3) is 3.49. The fourth-order valence-electron chi connectivity index (χ4n) is 3.67. The summed E-state index contributed by atoms with van der Waals surface area (Å²) in [5, 5.41) is 0.530. The van der Waals surface area contributed by atoms with E-state index in [0.29, 0.717) is 44.6 Å². The van der Waals surface area contributed by atoms with E-state index in [9.17, 15) is 4.79 Å². The molecule has 2 aromatic heterocycles. The Hall–Kier alpha value is -3.82.